The van der Waals surface area contributed by atoms with Crippen LogP contribution in [0.3, 0.4) is 0 Å². The minimum atomic E-state index is 0.132. The van der Waals surface area contributed by atoms with Gasteiger partial charge < -0.3 is 15.1 Å². The first-order valence-corrected chi connectivity index (χ1v) is 6.42. The van der Waals surface area contributed by atoms with E-state index in [0.717, 1.165) is 30.9 Å². The predicted molar refractivity (Wildman–Crippen MR) is 74.1 cm³/mol. The fourth-order valence-corrected chi connectivity index (χ4v) is 2.14. The van der Waals surface area contributed by atoms with Gasteiger partial charge in [-0.25, -0.2) is 0 Å². The highest BCUT2D eigenvalue weighted by molar-refractivity contribution is 5.95. The minimum Gasteiger partial charge on any atom is -0.378 e. The molecule has 0 aliphatic carbocycles. The van der Waals surface area contributed by atoms with Gasteiger partial charge in [0.25, 0.3) is 5.91 Å². The second kappa shape index (κ2) is 5.40. The fraction of sp³-hybridized carbons (Fsp3) is 0.500. The van der Waals surface area contributed by atoms with Gasteiger partial charge in [-0.3, -0.25) is 4.79 Å². The first-order valence-electron chi connectivity index (χ1n) is 6.42. The van der Waals surface area contributed by atoms with E-state index < -0.39 is 0 Å². The predicted octanol–water partition coefficient (Wildman–Crippen LogP) is 1.19. The number of anilines is 1. The quantitative estimate of drug-likeness (QED) is 0.868. The number of nitrogens with zero attached hydrogens (tertiary/aromatic N) is 2. The number of carbonyl (C=O) groups is 1. The lowest BCUT2D eigenvalue weighted by atomic mass is 10.1. The Hall–Kier alpha value is -1.55. The SMILES string of the molecule is CCN(C(=O)c1cccc(N(C)C)c1)C1CNC1. The molecule has 0 atom stereocenters. The number of hydrogen-bond donors (Lipinski definition) is 1. The zero-order valence-electron chi connectivity index (χ0n) is 11.3. The van der Waals surface area contributed by atoms with Crippen molar-refractivity contribution in [1.82, 2.24) is 10.2 Å². The van der Waals surface area contributed by atoms with Crippen molar-refractivity contribution in [1.29, 1.82) is 0 Å². The van der Waals surface area contributed by atoms with Crippen molar-refractivity contribution in [2.75, 3.05) is 38.6 Å². The normalized spacial score (nSPS) is 15.1. The van der Waals surface area contributed by atoms with Crippen LogP contribution in [0.25, 0.3) is 0 Å². The molecule has 0 spiro atoms. The number of carbonyl (C=O) groups excluding carboxylic acids is 1. The van der Waals surface area contributed by atoms with E-state index in [9.17, 15) is 4.79 Å². The third kappa shape index (κ3) is 2.48. The van der Waals surface area contributed by atoms with Crippen molar-refractivity contribution in [3.8, 4) is 0 Å². The van der Waals surface area contributed by atoms with Gasteiger partial charge in [0.2, 0.25) is 0 Å². The second-order valence-corrected chi connectivity index (χ2v) is 4.85. The summed E-state index contributed by atoms with van der Waals surface area (Å²) in [6.45, 7) is 4.61. The molecule has 1 fully saturated rings. The molecule has 1 aliphatic heterocycles. The molecule has 2 rings (SSSR count). The third-order valence-electron chi connectivity index (χ3n) is 3.41. The van der Waals surface area contributed by atoms with Gasteiger partial charge >= 0.3 is 0 Å². The largest absolute Gasteiger partial charge is 0.378 e. The van der Waals surface area contributed by atoms with Gasteiger partial charge in [0, 0.05) is 45.0 Å². The zero-order chi connectivity index (χ0) is 13.1. The molecule has 0 bridgehead atoms. The van der Waals surface area contributed by atoms with Gasteiger partial charge in [-0.2, -0.15) is 0 Å². The van der Waals surface area contributed by atoms with E-state index in [4.69, 9.17) is 0 Å². The molecule has 98 valence electrons. The highest BCUT2D eigenvalue weighted by Crippen LogP contribution is 2.17. The fourth-order valence-electron chi connectivity index (χ4n) is 2.14. The molecule has 0 radical (unpaired) electrons. The summed E-state index contributed by atoms with van der Waals surface area (Å²) in [5, 5.41) is 3.21. The molecule has 1 saturated heterocycles. The summed E-state index contributed by atoms with van der Waals surface area (Å²) in [7, 11) is 3.97. The van der Waals surface area contributed by atoms with Crippen molar-refractivity contribution in [3.63, 3.8) is 0 Å². The number of amides is 1. The Bertz CT molecular complexity index is 427. The van der Waals surface area contributed by atoms with E-state index in [-0.39, 0.29) is 5.91 Å². The Kier molecular flexibility index (Phi) is 3.87. The summed E-state index contributed by atoms with van der Waals surface area (Å²) in [6.07, 6.45) is 0. The molecule has 4 heteroatoms. The van der Waals surface area contributed by atoms with E-state index in [1.807, 2.05) is 55.1 Å². The van der Waals surface area contributed by atoms with E-state index in [1.165, 1.54) is 0 Å². The van der Waals surface area contributed by atoms with Gasteiger partial charge in [-0.05, 0) is 25.1 Å². The summed E-state index contributed by atoms with van der Waals surface area (Å²) in [5.74, 6) is 0.132. The standard InChI is InChI=1S/C14H21N3O/c1-4-17(13-9-15-10-13)14(18)11-6-5-7-12(8-11)16(2)3/h5-8,13,15H,4,9-10H2,1-3H3. The lowest BCUT2D eigenvalue weighted by molar-refractivity contribution is 0.0630. The van der Waals surface area contributed by atoms with E-state index in [2.05, 4.69) is 5.32 Å². The van der Waals surface area contributed by atoms with Crippen molar-refractivity contribution in [2.45, 2.75) is 13.0 Å². The molecule has 1 aromatic rings. The average Bonchev–Trinajstić information content (AvgIpc) is 2.32. The maximum absolute atomic E-state index is 12.5. The molecule has 0 aromatic heterocycles. The summed E-state index contributed by atoms with van der Waals surface area (Å²) < 4.78 is 0. The van der Waals surface area contributed by atoms with Crippen LogP contribution in [0.15, 0.2) is 24.3 Å². The van der Waals surface area contributed by atoms with Gasteiger partial charge in [0.1, 0.15) is 0 Å². The first kappa shape index (κ1) is 12.9. The number of likely N-dealkylation sites (N-methyl/N-ethyl adjacent to an activating group) is 1. The van der Waals surface area contributed by atoms with Gasteiger partial charge in [-0.1, -0.05) is 6.07 Å². The van der Waals surface area contributed by atoms with Crippen LogP contribution >= 0.6 is 0 Å². The van der Waals surface area contributed by atoms with Crippen LogP contribution in [0.5, 0.6) is 0 Å². The van der Waals surface area contributed by atoms with Crippen molar-refractivity contribution in [3.05, 3.63) is 29.8 Å². The topological polar surface area (TPSA) is 35.6 Å². The van der Waals surface area contributed by atoms with Gasteiger partial charge in [0.15, 0.2) is 0 Å². The number of rotatable bonds is 4. The monoisotopic (exact) mass is 247 g/mol. The Morgan fingerprint density at radius 2 is 2.11 bits per heavy atom. The summed E-state index contributed by atoms with van der Waals surface area (Å²) in [6, 6.07) is 8.15. The number of hydrogen-bond acceptors (Lipinski definition) is 3. The van der Waals surface area contributed by atoms with Crippen LogP contribution < -0.4 is 10.2 Å². The van der Waals surface area contributed by atoms with Crippen LogP contribution in [-0.4, -0.2) is 50.6 Å². The lowest BCUT2D eigenvalue weighted by Gasteiger charge is -2.37. The molecule has 1 aromatic carbocycles. The zero-order valence-corrected chi connectivity index (χ0v) is 11.3. The number of nitrogens with one attached hydrogen (secondary N) is 1. The molecule has 1 amide bonds. The Morgan fingerprint density at radius 3 is 2.61 bits per heavy atom. The van der Waals surface area contributed by atoms with Crippen LogP contribution in [0, 0.1) is 0 Å². The molecule has 1 N–H and O–H groups in total. The van der Waals surface area contributed by atoms with Crippen molar-refractivity contribution in [2.24, 2.45) is 0 Å². The van der Waals surface area contributed by atoms with Crippen LogP contribution in [0.1, 0.15) is 17.3 Å². The maximum Gasteiger partial charge on any atom is 0.254 e. The highest BCUT2D eigenvalue weighted by Gasteiger charge is 2.27. The molecule has 0 saturated carbocycles. The van der Waals surface area contributed by atoms with Gasteiger partial charge in [0.05, 0.1) is 6.04 Å². The Balaban J connectivity index is 2.18. The van der Waals surface area contributed by atoms with Crippen LogP contribution in [-0.2, 0) is 0 Å². The molecule has 1 aliphatic rings. The molecule has 1 heterocycles. The molecular weight excluding hydrogens is 226 g/mol. The summed E-state index contributed by atoms with van der Waals surface area (Å²) in [5.41, 5.74) is 1.83. The van der Waals surface area contributed by atoms with E-state index in [0.29, 0.717) is 6.04 Å². The summed E-state index contributed by atoms with van der Waals surface area (Å²) >= 11 is 0. The smallest absolute Gasteiger partial charge is 0.254 e. The lowest BCUT2D eigenvalue weighted by Crippen LogP contribution is -2.58. The summed E-state index contributed by atoms with van der Waals surface area (Å²) in [4.78, 5) is 16.4. The first-order chi connectivity index (χ1) is 8.63. The van der Waals surface area contributed by atoms with E-state index >= 15 is 0 Å². The maximum atomic E-state index is 12.5. The van der Waals surface area contributed by atoms with Gasteiger partial charge in [-0.15, -0.1) is 0 Å². The number of benzene rings is 1. The highest BCUT2D eigenvalue weighted by atomic mass is 16.2. The molecule has 4 nitrogen and oxygen atoms in total. The average molecular weight is 247 g/mol. The molecule has 0 unspecified atom stereocenters. The third-order valence-corrected chi connectivity index (χ3v) is 3.41. The second-order valence-electron chi connectivity index (χ2n) is 4.85. The van der Waals surface area contributed by atoms with Crippen LogP contribution in [0.2, 0.25) is 0 Å². The van der Waals surface area contributed by atoms with E-state index in [1.54, 1.807) is 0 Å². The molecular formula is C14H21N3O. The minimum absolute atomic E-state index is 0.132. The Morgan fingerprint density at radius 1 is 1.39 bits per heavy atom. The van der Waals surface area contributed by atoms with Crippen LogP contribution in [0.4, 0.5) is 5.69 Å². The van der Waals surface area contributed by atoms with Crippen molar-refractivity contribution >= 4 is 11.6 Å². The Labute approximate surface area is 109 Å². The van der Waals surface area contributed by atoms with Crippen molar-refractivity contribution < 1.29 is 4.79 Å². The molecule has 18 heavy (non-hydrogen) atoms.